The number of unbranched alkanes of at least 4 members (excludes halogenated alkanes) is 1. The van der Waals surface area contributed by atoms with Crippen molar-refractivity contribution in [3.63, 3.8) is 0 Å². The molecule has 0 spiro atoms. The highest BCUT2D eigenvalue weighted by atomic mass is 15.0. The van der Waals surface area contributed by atoms with E-state index in [2.05, 4.69) is 51.2 Å². The minimum absolute atomic E-state index is 0.00726. The molecule has 15 heavy (non-hydrogen) atoms. The summed E-state index contributed by atoms with van der Waals surface area (Å²) in [4.78, 5) is 2.18. The van der Waals surface area contributed by atoms with Crippen LogP contribution in [0.3, 0.4) is 0 Å². The summed E-state index contributed by atoms with van der Waals surface area (Å²) in [7, 11) is 4.16. The van der Waals surface area contributed by atoms with Crippen molar-refractivity contribution in [2.24, 2.45) is 0 Å². The van der Waals surface area contributed by atoms with Gasteiger partial charge < -0.3 is 4.90 Å². The number of hydrogen-bond donors (Lipinski definition) is 1. The Hall–Kier alpha value is -0.590. The van der Waals surface area contributed by atoms with Gasteiger partial charge in [-0.05, 0) is 60.7 Å². The maximum absolute atomic E-state index is 8.97. The largest absolute Gasteiger partial charge is 0.309 e. The third-order valence-electron chi connectivity index (χ3n) is 2.11. The fourth-order valence-corrected chi connectivity index (χ4v) is 1.47. The van der Waals surface area contributed by atoms with Gasteiger partial charge in [0.2, 0.25) is 0 Å². The molecule has 3 nitrogen and oxygen atoms in total. The number of nitriles is 1. The normalized spacial score (nSPS) is 13.9. The summed E-state index contributed by atoms with van der Waals surface area (Å²) >= 11 is 0. The maximum atomic E-state index is 8.97. The van der Waals surface area contributed by atoms with Gasteiger partial charge in [-0.2, -0.15) is 5.26 Å². The third kappa shape index (κ3) is 9.71. The number of hydrogen-bond acceptors (Lipinski definition) is 3. The topological polar surface area (TPSA) is 39.1 Å². The van der Waals surface area contributed by atoms with Gasteiger partial charge >= 0.3 is 0 Å². The molecule has 0 aliphatic rings. The number of nitrogens with zero attached hydrogens (tertiary/aromatic N) is 2. The van der Waals surface area contributed by atoms with Crippen LogP contribution in [0.4, 0.5) is 0 Å². The summed E-state index contributed by atoms with van der Waals surface area (Å²) in [5, 5.41) is 12.3. The van der Waals surface area contributed by atoms with Crippen LogP contribution in [0.2, 0.25) is 0 Å². The fraction of sp³-hybridized carbons (Fsp3) is 0.917. The van der Waals surface area contributed by atoms with E-state index < -0.39 is 0 Å². The maximum Gasteiger partial charge on any atom is 0.0956 e. The molecule has 88 valence electrons. The van der Waals surface area contributed by atoms with Gasteiger partial charge in [0.15, 0.2) is 0 Å². The van der Waals surface area contributed by atoms with Crippen LogP contribution < -0.4 is 5.32 Å². The molecule has 0 aromatic carbocycles. The SMILES string of the molecule is CN(C)CCCCC(C#N)NC(C)(C)C. The molecule has 3 heteroatoms. The molecule has 0 aliphatic carbocycles. The van der Waals surface area contributed by atoms with Crippen molar-refractivity contribution in [3.8, 4) is 6.07 Å². The molecule has 0 rings (SSSR count). The van der Waals surface area contributed by atoms with E-state index in [9.17, 15) is 0 Å². The van der Waals surface area contributed by atoms with Crippen molar-refractivity contribution in [1.29, 1.82) is 5.26 Å². The minimum Gasteiger partial charge on any atom is -0.309 e. The van der Waals surface area contributed by atoms with Crippen LogP contribution in [0, 0.1) is 11.3 Å². The number of nitrogens with one attached hydrogen (secondary N) is 1. The summed E-state index contributed by atoms with van der Waals surface area (Å²) in [6, 6.07) is 2.31. The Bertz CT molecular complexity index is 198. The zero-order valence-corrected chi connectivity index (χ0v) is 10.8. The highest BCUT2D eigenvalue weighted by Gasteiger charge is 2.15. The second kappa shape index (κ2) is 6.81. The van der Waals surface area contributed by atoms with E-state index >= 15 is 0 Å². The fourth-order valence-electron chi connectivity index (χ4n) is 1.47. The summed E-state index contributed by atoms with van der Waals surface area (Å²) in [5.41, 5.74) is 0.0297. The zero-order chi connectivity index (χ0) is 11.9. The van der Waals surface area contributed by atoms with Crippen molar-refractivity contribution in [1.82, 2.24) is 10.2 Å². The van der Waals surface area contributed by atoms with Gasteiger partial charge in [0.1, 0.15) is 0 Å². The van der Waals surface area contributed by atoms with Gasteiger partial charge in [-0.1, -0.05) is 0 Å². The summed E-state index contributed by atoms with van der Waals surface area (Å²) in [6.07, 6.45) is 3.22. The first-order valence-electron chi connectivity index (χ1n) is 5.67. The molecule has 0 aliphatic heterocycles. The molecular weight excluding hydrogens is 186 g/mol. The lowest BCUT2D eigenvalue weighted by molar-refractivity contribution is 0.359. The van der Waals surface area contributed by atoms with Crippen molar-refractivity contribution in [2.45, 2.75) is 51.6 Å². The Balaban J connectivity index is 3.69. The van der Waals surface area contributed by atoms with Crippen molar-refractivity contribution < 1.29 is 0 Å². The third-order valence-corrected chi connectivity index (χ3v) is 2.11. The van der Waals surface area contributed by atoms with E-state index in [4.69, 9.17) is 5.26 Å². The van der Waals surface area contributed by atoms with Gasteiger partial charge in [0.25, 0.3) is 0 Å². The van der Waals surface area contributed by atoms with E-state index in [1.54, 1.807) is 0 Å². The van der Waals surface area contributed by atoms with Gasteiger partial charge in [0.05, 0.1) is 12.1 Å². The molecule has 0 aromatic heterocycles. The molecule has 0 bridgehead atoms. The second-order valence-electron chi connectivity index (χ2n) is 5.38. The monoisotopic (exact) mass is 211 g/mol. The Kier molecular flexibility index (Phi) is 6.55. The van der Waals surface area contributed by atoms with E-state index in [1.165, 1.54) is 0 Å². The average Bonchev–Trinajstić information content (AvgIpc) is 2.08. The second-order valence-corrected chi connectivity index (χ2v) is 5.38. The lowest BCUT2D eigenvalue weighted by Gasteiger charge is -2.24. The summed E-state index contributed by atoms with van der Waals surface area (Å²) < 4.78 is 0. The van der Waals surface area contributed by atoms with Gasteiger partial charge in [-0.15, -0.1) is 0 Å². The smallest absolute Gasteiger partial charge is 0.0956 e. The van der Waals surface area contributed by atoms with Crippen LogP contribution in [0.1, 0.15) is 40.0 Å². The molecule has 1 unspecified atom stereocenters. The molecule has 0 radical (unpaired) electrons. The molecule has 0 fully saturated rings. The number of rotatable bonds is 6. The molecule has 0 amide bonds. The standard InChI is InChI=1S/C12H25N3/c1-12(2,3)14-11(10-13)8-6-7-9-15(4)5/h11,14H,6-9H2,1-5H3. The van der Waals surface area contributed by atoms with Crippen LogP contribution in [0.15, 0.2) is 0 Å². The van der Waals surface area contributed by atoms with Crippen LogP contribution in [-0.2, 0) is 0 Å². The average molecular weight is 211 g/mol. The predicted octanol–water partition coefficient (Wildman–Crippen LogP) is 2.00. The Morgan fingerprint density at radius 3 is 2.27 bits per heavy atom. The zero-order valence-electron chi connectivity index (χ0n) is 10.8. The van der Waals surface area contributed by atoms with Crippen LogP contribution in [0.5, 0.6) is 0 Å². The van der Waals surface area contributed by atoms with Gasteiger partial charge in [0, 0.05) is 5.54 Å². The van der Waals surface area contributed by atoms with E-state index in [0.717, 1.165) is 25.8 Å². The first-order chi connectivity index (χ1) is 6.85. The Labute approximate surface area is 94.5 Å². The molecule has 0 heterocycles. The van der Waals surface area contributed by atoms with Crippen LogP contribution in [0.25, 0.3) is 0 Å². The van der Waals surface area contributed by atoms with Crippen molar-refractivity contribution in [2.75, 3.05) is 20.6 Å². The summed E-state index contributed by atoms with van der Waals surface area (Å²) in [6.45, 7) is 7.39. The first-order valence-corrected chi connectivity index (χ1v) is 5.67. The highest BCUT2D eigenvalue weighted by Crippen LogP contribution is 2.06. The lowest BCUT2D eigenvalue weighted by Crippen LogP contribution is -2.42. The predicted molar refractivity (Wildman–Crippen MR) is 64.7 cm³/mol. The van der Waals surface area contributed by atoms with Crippen LogP contribution >= 0.6 is 0 Å². The van der Waals surface area contributed by atoms with E-state index in [1.807, 2.05) is 0 Å². The van der Waals surface area contributed by atoms with Crippen molar-refractivity contribution in [3.05, 3.63) is 0 Å². The molecule has 1 atom stereocenters. The van der Waals surface area contributed by atoms with Gasteiger partial charge in [-0.25, -0.2) is 0 Å². The molecule has 0 aromatic rings. The Morgan fingerprint density at radius 1 is 1.27 bits per heavy atom. The molecule has 0 saturated heterocycles. The lowest BCUT2D eigenvalue weighted by atomic mass is 10.0. The Morgan fingerprint density at radius 2 is 1.87 bits per heavy atom. The van der Waals surface area contributed by atoms with Crippen molar-refractivity contribution >= 4 is 0 Å². The quantitative estimate of drug-likeness (QED) is 0.683. The van der Waals surface area contributed by atoms with Crippen LogP contribution in [-0.4, -0.2) is 37.1 Å². The summed E-state index contributed by atoms with van der Waals surface area (Å²) in [5.74, 6) is 0. The van der Waals surface area contributed by atoms with E-state index in [0.29, 0.717) is 0 Å². The molecule has 1 N–H and O–H groups in total. The minimum atomic E-state index is -0.00726. The molecule has 0 saturated carbocycles. The van der Waals surface area contributed by atoms with E-state index in [-0.39, 0.29) is 11.6 Å². The van der Waals surface area contributed by atoms with Gasteiger partial charge in [-0.3, -0.25) is 5.32 Å². The first kappa shape index (κ1) is 14.4. The molecular formula is C12H25N3. The highest BCUT2D eigenvalue weighted by molar-refractivity contribution is 4.93.